The van der Waals surface area contributed by atoms with Crippen LogP contribution in [0.1, 0.15) is 27.2 Å². The van der Waals surface area contributed by atoms with E-state index >= 15 is 0 Å². The van der Waals surface area contributed by atoms with Gasteiger partial charge < -0.3 is 9.69 Å². The number of likely N-dealkylation sites (tertiary alicyclic amines) is 1. The van der Waals surface area contributed by atoms with Gasteiger partial charge in [-0.15, -0.1) is 0 Å². The minimum Gasteiger partial charge on any atom is -0.326 e. The number of aldehydes is 1. The fourth-order valence-electron chi connectivity index (χ4n) is 1.76. The molecule has 1 amide bonds. The number of amides is 1. The van der Waals surface area contributed by atoms with Crippen molar-refractivity contribution in [3.63, 3.8) is 0 Å². The van der Waals surface area contributed by atoms with Gasteiger partial charge in [-0.3, -0.25) is 4.79 Å². The second-order valence-electron chi connectivity index (χ2n) is 4.76. The van der Waals surface area contributed by atoms with Gasteiger partial charge in [-0.05, 0) is 5.92 Å². The second kappa shape index (κ2) is 4.47. The quantitative estimate of drug-likeness (QED) is 0.696. The Hall–Kier alpha value is -1.00. The minimum atomic E-state index is -2.93. The molecule has 2 atom stereocenters. The van der Waals surface area contributed by atoms with Crippen molar-refractivity contribution in [2.75, 3.05) is 6.54 Å². The van der Waals surface area contributed by atoms with Crippen molar-refractivity contribution in [1.29, 1.82) is 0 Å². The summed E-state index contributed by atoms with van der Waals surface area (Å²) >= 11 is 0. The number of rotatable bonds is 3. The van der Waals surface area contributed by atoms with E-state index < -0.39 is 24.9 Å². The summed E-state index contributed by atoms with van der Waals surface area (Å²) in [6, 6.07) is -0.969. The summed E-state index contributed by atoms with van der Waals surface area (Å²) in [6.45, 7) is 4.77. The number of alkyl halides is 2. The van der Waals surface area contributed by atoms with Gasteiger partial charge in [-0.2, -0.15) is 0 Å². The molecule has 92 valence electrons. The van der Waals surface area contributed by atoms with Crippen LogP contribution in [-0.4, -0.2) is 35.6 Å². The molecular formula is C11H17F2NO2. The highest BCUT2D eigenvalue weighted by Crippen LogP contribution is 2.32. The maximum atomic E-state index is 13.1. The van der Waals surface area contributed by atoms with Crippen molar-refractivity contribution in [1.82, 2.24) is 4.90 Å². The predicted octanol–water partition coefficient (Wildman–Crippen LogP) is 1.71. The lowest BCUT2D eigenvalue weighted by Crippen LogP contribution is -2.41. The molecule has 0 aromatic heterocycles. The van der Waals surface area contributed by atoms with Crippen molar-refractivity contribution in [2.45, 2.75) is 39.2 Å². The van der Waals surface area contributed by atoms with Crippen molar-refractivity contribution in [3.05, 3.63) is 0 Å². The van der Waals surface area contributed by atoms with Gasteiger partial charge in [0.05, 0.1) is 12.6 Å². The topological polar surface area (TPSA) is 37.4 Å². The summed E-state index contributed by atoms with van der Waals surface area (Å²) in [6.07, 6.45) is -0.112. The first-order valence-corrected chi connectivity index (χ1v) is 5.42. The van der Waals surface area contributed by atoms with Crippen LogP contribution in [0.5, 0.6) is 0 Å². The summed E-state index contributed by atoms with van der Waals surface area (Å²) in [5.41, 5.74) is 0. The second-order valence-corrected chi connectivity index (χ2v) is 4.76. The number of halogens is 2. The third kappa shape index (κ3) is 2.57. The van der Waals surface area contributed by atoms with E-state index in [0.29, 0.717) is 6.29 Å². The van der Waals surface area contributed by atoms with Crippen LogP contribution in [0.4, 0.5) is 8.78 Å². The highest BCUT2D eigenvalue weighted by Gasteiger charge is 2.47. The Balaban J connectivity index is 2.79. The summed E-state index contributed by atoms with van der Waals surface area (Å²) in [5, 5.41) is 0. The van der Waals surface area contributed by atoms with Crippen molar-refractivity contribution < 1.29 is 18.4 Å². The van der Waals surface area contributed by atoms with E-state index in [9.17, 15) is 18.4 Å². The molecule has 0 aromatic rings. The molecule has 3 nitrogen and oxygen atoms in total. The molecule has 0 aromatic carbocycles. The lowest BCUT2D eigenvalue weighted by atomic mass is 9.96. The first-order valence-electron chi connectivity index (χ1n) is 5.42. The molecule has 1 fully saturated rings. The molecule has 1 rings (SSSR count). The molecule has 1 aliphatic heterocycles. The third-order valence-corrected chi connectivity index (χ3v) is 3.14. The lowest BCUT2D eigenvalue weighted by molar-refractivity contribution is -0.140. The molecule has 0 saturated carbocycles. The van der Waals surface area contributed by atoms with E-state index in [1.165, 1.54) is 0 Å². The Morgan fingerprint density at radius 2 is 2.00 bits per heavy atom. The van der Waals surface area contributed by atoms with Gasteiger partial charge in [0.2, 0.25) is 5.91 Å². The molecule has 1 heterocycles. The number of carbonyl (C=O) groups excluding carboxylic acids is 2. The Morgan fingerprint density at radius 1 is 1.44 bits per heavy atom. The van der Waals surface area contributed by atoms with Crippen LogP contribution in [0.2, 0.25) is 0 Å². The minimum absolute atomic E-state index is 0.0778. The summed E-state index contributed by atoms with van der Waals surface area (Å²) in [5.74, 6) is -3.55. The summed E-state index contributed by atoms with van der Waals surface area (Å²) < 4.78 is 26.2. The number of carbonyl (C=O) groups is 2. The Bertz CT molecular complexity index is 292. The zero-order chi connectivity index (χ0) is 12.5. The zero-order valence-electron chi connectivity index (χ0n) is 9.74. The van der Waals surface area contributed by atoms with Crippen LogP contribution in [0.25, 0.3) is 0 Å². The van der Waals surface area contributed by atoms with E-state index in [1.54, 1.807) is 6.92 Å². The van der Waals surface area contributed by atoms with Gasteiger partial charge in [-0.1, -0.05) is 20.8 Å². The van der Waals surface area contributed by atoms with Crippen LogP contribution in [0, 0.1) is 11.8 Å². The average Bonchev–Trinajstić information content (AvgIpc) is 2.51. The van der Waals surface area contributed by atoms with E-state index in [1.807, 2.05) is 13.8 Å². The van der Waals surface area contributed by atoms with Crippen LogP contribution in [-0.2, 0) is 9.59 Å². The van der Waals surface area contributed by atoms with Crippen LogP contribution in [0.3, 0.4) is 0 Å². The van der Waals surface area contributed by atoms with Crippen LogP contribution >= 0.6 is 0 Å². The number of hydrogen-bond acceptors (Lipinski definition) is 2. The van der Waals surface area contributed by atoms with Gasteiger partial charge in [0.1, 0.15) is 6.29 Å². The molecule has 0 spiro atoms. The Kier molecular flexibility index (Phi) is 3.65. The predicted molar refractivity (Wildman–Crippen MR) is 55.1 cm³/mol. The molecule has 0 aliphatic carbocycles. The molecule has 1 aliphatic rings. The highest BCUT2D eigenvalue weighted by molar-refractivity contribution is 5.82. The fourth-order valence-corrected chi connectivity index (χ4v) is 1.76. The first-order chi connectivity index (χ1) is 7.28. The number of hydrogen-bond donors (Lipinski definition) is 0. The molecular weight excluding hydrogens is 216 g/mol. The largest absolute Gasteiger partial charge is 0.326 e. The van der Waals surface area contributed by atoms with E-state index in [2.05, 4.69) is 0 Å². The molecule has 5 heteroatoms. The molecule has 1 saturated heterocycles. The van der Waals surface area contributed by atoms with Gasteiger partial charge >= 0.3 is 0 Å². The van der Waals surface area contributed by atoms with Gasteiger partial charge in [0, 0.05) is 12.3 Å². The van der Waals surface area contributed by atoms with Crippen molar-refractivity contribution in [2.24, 2.45) is 11.8 Å². The summed E-state index contributed by atoms with van der Waals surface area (Å²) in [7, 11) is 0. The smallest absolute Gasteiger partial charge is 0.267 e. The monoisotopic (exact) mass is 233 g/mol. The molecule has 0 radical (unpaired) electrons. The third-order valence-electron chi connectivity index (χ3n) is 3.14. The van der Waals surface area contributed by atoms with Gasteiger partial charge in [0.25, 0.3) is 5.92 Å². The first kappa shape index (κ1) is 13.1. The number of nitrogens with zero attached hydrogens (tertiary/aromatic N) is 1. The molecule has 0 N–H and O–H groups in total. The van der Waals surface area contributed by atoms with Crippen LogP contribution < -0.4 is 0 Å². The Morgan fingerprint density at radius 3 is 2.44 bits per heavy atom. The van der Waals surface area contributed by atoms with E-state index in [-0.39, 0.29) is 17.7 Å². The fraction of sp³-hybridized carbons (Fsp3) is 0.818. The SMILES string of the molecule is CC(C)C(C)C(=O)N1CC(F)(F)CC1C=O. The molecule has 16 heavy (non-hydrogen) atoms. The van der Waals surface area contributed by atoms with Gasteiger partial charge in [-0.25, -0.2) is 8.78 Å². The van der Waals surface area contributed by atoms with E-state index in [4.69, 9.17) is 0 Å². The molecule has 0 bridgehead atoms. The van der Waals surface area contributed by atoms with Gasteiger partial charge in [0.15, 0.2) is 0 Å². The average molecular weight is 233 g/mol. The lowest BCUT2D eigenvalue weighted by Gasteiger charge is -2.25. The maximum Gasteiger partial charge on any atom is 0.267 e. The maximum absolute atomic E-state index is 13.1. The van der Waals surface area contributed by atoms with Crippen LogP contribution in [0.15, 0.2) is 0 Å². The molecule has 2 unspecified atom stereocenters. The standard InChI is InChI=1S/C11H17F2NO2/c1-7(2)8(3)10(16)14-6-11(12,13)4-9(14)5-15/h5,7-9H,4,6H2,1-3H3. The zero-order valence-corrected chi connectivity index (χ0v) is 9.74. The van der Waals surface area contributed by atoms with Crippen molar-refractivity contribution >= 4 is 12.2 Å². The van der Waals surface area contributed by atoms with E-state index in [0.717, 1.165) is 4.90 Å². The summed E-state index contributed by atoms with van der Waals surface area (Å²) in [4.78, 5) is 23.6. The van der Waals surface area contributed by atoms with Crippen molar-refractivity contribution in [3.8, 4) is 0 Å². The normalized spacial score (nSPS) is 25.9. The Labute approximate surface area is 93.8 Å². The highest BCUT2D eigenvalue weighted by atomic mass is 19.3.